The summed E-state index contributed by atoms with van der Waals surface area (Å²) in [6.45, 7) is 16.1. The highest BCUT2D eigenvalue weighted by atomic mass is 16.1. The number of likely N-dealkylation sites (tertiary alicyclic amines) is 1. The third-order valence-corrected chi connectivity index (χ3v) is 5.95. The van der Waals surface area contributed by atoms with Gasteiger partial charge in [0.05, 0.1) is 0 Å². The third kappa shape index (κ3) is 12.2. The average molecular weight is 415 g/mol. The van der Waals surface area contributed by atoms with Gasteiger partial charge in [-0.2, -0.15) is 0 Å². The lowest BCUT2D eigenvalue weighted by Gasteiger charge is -2.22. The van der Waals surface area contributed by atoms with E-state index < -0.39 is 0 Å². The van der Waals surface area contributed by atoms with E-state index in [2.05, 4.69) is 70.0 Å². The molecule has 0 radical (unpaired) electrons. The number of hydrogen-bond acceptors (Lipinski definition) is 2. The van der Waals surface area contributed by atoms with E-state index in [4.69, 9.17) is 0 Å². The Kier molecular flexibility index (Phi) is 13.4. The number of nitrogens with zero attached hydrogens (tertiary/aromatic N) is 1. The van der Waals surface area contributed by atoms with E-state index in [0.29, 0.717) is 6.04 Å². The molecule has 0 aromatic carbocycles. The number of carbonyl (C=O) groups is 1. The molecule has 0 bridgehead atoms. The molecule has 0 saturated carbocycles. The van der Waals surface area contributed by atoms with Gasteiger partial charge in [0.15, 0.2) is 0 Å². The molecule has 1 saturated heterocycles. The summed E-state index contributed by atoms with van der Waals surface area (Å²) in [5.41, 5.74) is 5.50. The first-order chi connectivity index (χ1) is 14.3. The van der Waals surface area contributed by atoms with Gasteiger partial charge >= 0.3 is 0 Å². The largest absolute Gasteiger partial charge is 0.351 e. The van der Waals surface area contributed by atoms with Crippen LogP contribution in [0.15, 0.2) is 46.6 Å². The third-order valence-electron chi connectivity index (χ3n) is 5.95. The van der Waals surface area contributed by atoms with Crippen LogP contribution < -0.4 is 5.32 Å². The smallest absolute Gasteiger partial charge is 0.243 e. The fraction of sp³-hybridized carbons (Fsp3) is 0.667. The van der Waals surface area contributed by atoms with Crippen LogP contribution in [0.25, 0.3) is 0 Å². The first-order valence-corrected chi connectivity index (χ1v) is 12.0. The molecule has 170 valence electrons. The summed E-state index contributed by atoms with van der Waals surface area (Å²) in [5, 5.41) is 3.10. The summed E-state index contributed by atoms with van der Waals surface area (Å²) in [6, 6.07) is 0.517. The Morgan fingerprint density at radius 3 is 2.03 bits per heavy atom. The number of allylic oxidation sites excluding steroid dienone is 7. The first-order valence-electron chi connectivity index (χ1n) is 12.0. The van der Waals surface area contributed by atoms with Crippen molar-refractivity contribution >= 4 is 5.91 Å². The van der Waals surface area contributed by atoms with Gasteiger partial charge in [0.25, 0.3) is 0 Å². The van der Waals surface area contributed by atoms with Crippen LogP contribution in [0.2, 0.25) is 0 Å². The summed E-state index contributed by atoms with van der Waals surface area (Å²) in [5.74, 6) is 0.0601. The maximum absolute atomic E-state index is 12.2. The number of carbonyl (C=O) groups excluding carboxylic acids is 1. The van der Waals surface area contributed by atoms with Crippen molar-refractivity contribution in [3.63, 3.8) is 0 Å². The molecule has 30 heavy (non-hydrogen) atoms. The Hall–Kier alpha value is -1.61. The molecule has 0 aliphatic carbocycles. The van der Waals surface area contributed by atoms with Crippen molar-refractivity contribution in [3.8, 4) is 0 Å². The fourth-order valence-electron chi connectivity index (χ4n) is 3.99. The maximum atomic E-state index is 12.2. The summed E-state index contributed by atoms with van der Waals surface area (Å²) in [7, 11) is 0. The first kappa shape index (κ1) is 26.4. The summed E-state index contributed by atoms with van der Waals surface area (Å²) >= 11 is 0. The Morgan fingerprint density at radius 1 is 0.900 bits per heavy atom. The van der Waals surface area contributed by atoms with Crippen molar-refractivity contribution in [2.75, 3.05) is 19.6 Å². The molecule has 1 heterocycles. The van der Waals surface area contributed by atoms with E-state index in [1.807, 2.05) is 0 Å². The van der Waals surface area contributed by atoms with Crippen LogP contribution in [0.3, 0.4) is 0 Å². The van der Waals surface area contributed by atoms with Crippen molar-refractivity contribution in [1.82, 2.24) is 10.2 Å². The number of amides is 1. The topological polar surface area (TPSA) is 32.3 Å². The van der Waals surface area contributed by atoms with Crippen LogP contribution >= 0.6 is 0 Å². The van der Waals surface area contributed by atoms with Gasteiger partial charge in [-0.05, 0) is 99.1 Å². The summed E-state index contributed by atoms with van der Waals surface area (Å²) in [6.07, 6.45) is 17.8. The SMILES string of the molecule is CCN1CCCC1CNC(=O)/C=C(\C)CC/C=C(\C)CC/C=C(\C)CCC=C(C)C. The van der Waals surface area contributed by atoms with Gasteiger partial charge in [0.1, 0.15) is 0 Å². The van der Waals surface area contributed by atoms with Gasteiger partial charge in [-0.25, -0.2) is 0 Å². The van der Waals surface area contributed by atoms with Gasteiger partial charge in [0, 0.05) is 18.7 Å². The van der Waals surface area contributed by atoms with E-state index in [0.717, 1.165) is 57.2 Å². The zero-order valence-corrected chi connectivity index (χ0v) is 20.5. The molecular formula is C27H46N2O. The number of likely N-dealkylation sites (N-methyl/N-ethyl adjacent to an activating group) is 1. The van der Waals surface area contributed by atoms with Gasteiger partial charge in [0.2, 0.25) is 5.91 Å². The van der Waals surface area contributed by atoms with E-state index in [1.165, 1.54) is 36.1 Å². The maximum Gasteiger partial charge on any atom is 0.243 e. The van der Waals surface area contributed by atoms with Crippen molar-refractivity contribution in [3.05, 3.63) is 46.6 Å². The average Bonchev–Trinajstić information content (AvgIpc) is 3.13. The Labute approximate surface area is 186 Å². The van der Waals surface area contributed by atoms with E-state index in [1.54, 1.807) is 6.08 Å². The van der Waals surface area contributed by atoms with Crippen LogP contribution in [0.4, 0.5) is 0 Å². The van der Waals surface area contributed by atoms with Gasteiger partial charge < -0.3 is 5.32 Å². The predicted octanol–water partition coefficient (Wildman–Crippen LogP) is 6.73. The van der Waals surface area contributed by atoms with Crippen LogP contribution in [-0.4, -0.2) is 36.5 Å². The van der Waals surface area contributed by atoms with Gasteiger partial charge in [-0.15, -0.1) is 0 Å². The van der Waals surface area contributed by atoms with Gasteiger partial charge in [-0.1, -0.05) is 47.4 Å². The monoisotopic (exact) mass is 414 g/mol. The van der Waals surface area contributed by atoms with Crippen molar-refractivity contribution in [2.45, 2.75) is 99.0 Å². The highest BCUT2D eigenvalue weighted by Gasteiger charge is 2.22. The van der Waals surface area contributed by atoms with E-state index in [-0.39, 0.29) is 5.91 Å². The number of rotatable bonds is 13. The molecule has 0 spiro atoms. The quantitative estimate of drug-likeness (QED) is 0.267. The second-order valence-electron chi connectivity index (χ2n) is 9.16. The van der Waals surface area contributed by atoms with E-state index >= 15 is 0 Å². The molecule has 1 amide bonds. The molecule has 1 rings (SSSR count). The van der Waals surface area contributed by atoms with Gasteiger partial charge in [-0.3, -0.25) is 9.69 Å². The molecular weight excluding hydrogens is 368 g/mol. The molecule has 0 aromatic heterocycles. The van der Waals surface area contributed by atoms with Crippen LogP contribution in [0.5, 0.6) is 0 Å². The standard InChI is InChI=1S/C27H46N2O/c1-7-29-19-11-18-26(29)21-28-27(30)20-25(6)17-10-16-24(5)15-9-14-23(4)13-8-12-22(2)3/h12,14,16,20,26H,7-11,13,15,17-19,21H2,1-6H3,(H,28,30)/b23-14+,24-16+,25-20+. The molecule has 3 heteroatoms. The lowest BCUT2D eigenvalue weighted by molar-refractivity contribution is -0.116. The Balaban J connectivity index is 2.25. The Bertz CT molecular complexity index is 635. The minimum Gasteiger partial charge on any atom is -0.351 e. The molecule has 1 atom stereocenters. The van der Waals surface area contributed by atoms with E-state index in [9.17, 15) is 4.79 Å². The minimum absolute atomic E-state index is 0.0601. The molecule has 3 nitrogen and oxygen atoms in total. The molecule has 1 aliphatic rings. The number of hydrogen-bond donors (Lipinski definition) is 1. The number of nitrogens with one attached hydrogen (secondary N) is 1. The van der Waals surface area contributed by atoms with Crippen molar-refractivity contribution < 1.29 is 4.79 Å². The summed E-state index contributed by atoms with van der Waals surface area (Å²) in [4.78, 5) is 14.7. The fourth-order valence-corrected chi connectivity index (χ4v) is 3.99. The summed E-state index contributed by atoms with van der Waals surface area (Å²) < 4.78 is 0. The molecule has 1 unspecified atom stereocenters. The lowest BCUT2D eigenvalue weighted by Crippen LogP contribution is -2.39. The molecule has 0 aromatic rings. The molecule has 1 fully saturated rings. The van der Waals surface area contributed by atoms with Crippen LogP contribution in [0, 0.1) is 0 Å². The minimum atomic E-state index is 0.0601. The highest BCUT2D eigenvalue weighted by molar-refractivity contribution is 5.88. The normalized spacial score (nSPS) is 18.6. The zero-order chi connectivity index (χ0) is 22.4. The Morgan fingerprint density at radius 2 is 1.47 bits per heavy atom. The lowest BCUT2D eigenvalue weighted by atomic mass is 10.0. The van der Waals surface area contributed by atoms with Crippen LogP contribution in [0.1, 0.15) is 92.9 Å². The second kappa shape index (κ2) is 15.2. The van der Waals surface area contributed by atoms with Crippen molar-refractivity contribution in [2.24, 2.45) is 0 Å². The second-order valence-corrected chi connectivity index (χ2v) is 9.16. The highest BCUT2D eigenvalue weighted by Crippen LogP contribution is 2.16. The zero-order valence-electron chi connectivity index (χ0n) is 20.5. The van der Waals surface area contributed by atoms with Crippen molar-refractivity contribution in [1.29, 1.82) is 0 Å². The predicted molar refractivity (Wildman–Crippen MR) is 132 cm³/mol. The van der Waals surface area contributed by atoms with Crippen LogP contribution in [-0.2, 0) is 4.79 Å². The molecule has 1 aliphatic heterocycles. The molecule has 1 N–H and O–H groups in total.